The number of nitrogens with zero attached hydrogens (tertiary/aromatic N) is 1. The van der Waals surface area contributed by atoms with Gasteiger partial charge in [-0.15, -0.1) is 0 Å². The number of ether oxygens (including phenoxy) is 2. The number of hydrogen-bond acceptors (Lipinski definition) is 7. The molecular formula is C61H103NO8P+. The maximum atomic E-state index is 12.8. The van der Waals surface area contributed by atoms with Gasteiger partial charge in [0.25, 0.3) is 0 Å². The summed E-state index contributed by atoms with van der Waals surface area (Å²) in [5.41, 5.74) is 0. The number of likely N-dealkylation sites (N-methyl/N-ethyl adjacent to an activating group) is 1. The zero-order valence-corrected chi connectivity index (χ0v) is 46.6. The van der Waals surface area contributed by atoms with E-state index < -0.39 is 26.5 Å². The van der Waals surface area contributed by atoms with Crippen LogP contribution >= 0.6 is 7.82 Å². The number of unbranched alkanes of at least 4 members (excludes halogenated alkanes) is 15. The lowest BCUT2D eigenvalue weighted by Gasteiger charge is -2.24. The Labute approximate surface area is 435 Å². The highest BCUT2D eigenvalue weighted by atomic mass is 31.2. The monoisotopic (exact) mass is 1010 g/mol. The Morgan fingerprint density at radius 2 is 0.803 bits per heavy atom. The van der Waals surface area contributed by atoms with Gasteiger partial charge >= 0.3 is 19.8 Å². The average molecular weight is 1010 g/mol. The molecule has 0 radical (unpaired) electrons. The summed E-state index contributed by atoms with van der Waals surface area (Å²) in [5.74, 6) is -0.824. The highest BCUT2D eigenvalue weighted by molar-refractivity contribution is 7.47. The van der Waals surface area contributed by atoms with Gasteiger partial charge in [0.2, 0.25) is 0 Å². The standard InChI is InChI=1S/C61H102NO8P/c1-6-8-10-12-14-16-18-19-20-21-22-23-24-25-26-27-28-29-30-31-32-33-34-35-36-37-38-39-40-41-42-43-44-46-48-50-52-54-61(64)70-59(58-69-71(65,66)68-56-55-62(3,4)5)57-67-60(63)53-51-49-47-45-17-15-13-11-9-7-2/h8,10,14,16,19-20,22-23,25-26,28-29,31-32,34-35,37-38,40-41,59H,6-7,9,11-13,15,17-18,21,24,27,30,33,36,39,42-58H2,1-5H3/p+1/b10-8-,16-14-,20-19-,23-22-,26-25-,29-28-,32-31-,35-34-,38-37-,41-40-. The van der Waals surface area contributed by atoms with Gasteiger partial charge in [0.15, 0.2) is 6.10 Å². The number of carbonyl (C=O) groups excluding carboxylic acids is 2. The number of rotatable bonds is 49. The SMILES string of the molecule is CC/C=C\C/C=C\C/C=C\C/C=C\C/C=C\C/C=C\C/C=C\C/C=C\C/C=C\C/C=C\CCCCCCCCC(=O)OC(COC(=O)CCCCCCCCCCCC)COP(=O)(O)OCC[N+](C)(C)C. The molecule has 2 atom stereocenters. The average Bonchev–Trinajstić information content (AvgIpc) is 3.33. The number of allylic oxidation sites excluding steroid dienone is 20. The molecule has 71 heavy (non-hydrogen) atoms. The van der Waals surface area contributed by atoms with Crippen LogP contribution in [0.15, 0.2) is 122 Å². The summed E-state index contributed by atoms with van der Waals surface area (Å²) in [4.78, 5) is 35.5. The van der Waals surface area contributed by atoms with Gasteiger partial charge in [-0.3, -0.25) is 18.6 Å². The van der Waals surface area contributed by atoms with E-state index in [9.17, 15) is 19.0 Å². The van der Waals surface area contributed by atoms with Crippen LogP contribution in [0.3, 0.4) is 0 Å². The van der Waals surface area contributed by atoms with Crippen molar-refractivity contribution in [1.29, 1.82) is 0 Å². The van der Waals surface area contributed by atoms with Gasteiger partial charge in [-0.1, -0.05) is 219 Å². The lowest BCUT2D eigenvalue weighted by atomic mass is 10.1. The number of phosphoric acid groups is 1. The lowest BCUT2D eigenvalue weighted by Crippen LogP contribution is -2.37. The summed E-state index contributed by atoms with van der Waals surface area (Å²) in [7, 11) is 1.45. The maximum absolute atomic E-state index is 12.8. The Kier molecular flexibility index (Phi) is 48.7. The van der Waals surface area contributed by atoms with Crippen molar-refractivity contribution < 1.29 is 42.1 Å². The van der Waals surface area contributed by atoms with E-state index in [1.807, 2.05) is 21.1 Å². The van der Waals surface area contributed by atoms with Gasteiger partial charge < -0.3 is 18.9 Å². The Balaban J connectivity index is 4.14. The van der Waals surface area contributed by atoms with Gasteiger partial charge in [-0.05, 0) is 89.9 Å². The van der Waals surface area contributed by atoms with Crippen LogP contribution in [0.5, 0.6) is 0 Å². The van der Waals surface area contributed by atoms with E-state index in [4.69, 9.17) is 18.5 Å². The van der Waals surface area contributed by atoms with Crippen molar-refractivity contribution in [2.24, 2.45) is 0 Å². The first kappa shape index (κ1) is 67.4. The van der Waals surface area contributed by atoms with Crippen molar-refractivity contribution in [1.82, 2.24) is 0 Å². The van der Waals surface area contributed by atoms with Crippen molar-refractivity contribution in [3.8, 4) is 0 Å². The van der Waals surface area contributed by atoms with E-state index in [0.29, 0.717) is 17.4 Å². The highest BCUT2D eigenvalue weighted by Gasteiger charge is 2.27. The Bertz CT molecular complexity index is 1610. The molecule has 0 saturated carbocycles. The number of quaternary nitrogens is 1. The summed E-state index contributed by atoms with van der Waals surface area (Å²) in [6, 6.07) is 0. The molecule has 0 saturated heterocycles. The molecule has 0 aromatic carbocycles. The van der Waals surface area contributed by atoms with Crippen LogP contribution < -0.4 is 0 Å². The van der Waals surface area contributed by atoms with Crippen LogP contribution in [0.25, 0.3) is 0 Å². The van der Waals surface area contributed by atoms with Crippen LogP contribution in [0.2, 0.25) is 0 Å². The Morgan fingerprint density at radius 3 is 1.20 bits per heavy atom. The fraction of sp³-hybridized carbons (Fsp3) is 0.639. The molecule has 0 aromatic rings. The number of phosphoric ester groups is 1. The predicted octanol–water partition coefficient (Wildman–Crippen LogP) is 17.2. The number of esters is 2. The van der Waals surface area contributed by atoms with E-state index in [1.54, 1.807) is 0 Å². The molecule has 0 fully saturated rings. The van der Waals surface area contributed by atoms with E-state index in [2.05, 4.69) is 135 Å². The first-order valence-electron chi connectivity index (χ1n) is 27.8. The molecule has 0 aromatic heterocycles. The smallest absolute Gasteiger partial charge is 0.462 e. The van der Waals surface area contributed by atoms with Crippen LogP contribution in [0.1, 0.15) is 200 Å². The van der Waals surface area contributed by atoms with E-state index in [-0.39, 0.29) is 32.0 Å². The lowest BCUT2D eigenvalue weighted by molar-refractivity contribution is -0.870. The van der Waals surface area contributed by atoms with Gasteiger partial charge in [-0.25, -0.2) is 4.57 Å². The van der Waals surface area contributed by atoms with Crippen molar-refractivity contribution in [3.05, 3.63) is 122 Å². The van der Waals surface area contributed by atoms with Gasteiger partial charge in [0.1, 0.15) is 19.8 Å². The molecule has 1 N–H and O–H groups in total. The molecule has 404 valence electrons. The summed E-state index contributed by atoms with van der Waals surface area (Å²) in [5, 5.41) is 0. The first-order chi connectivity index (χ1) is 34.5. The summed E-state index contributed by atoms with van der Waals surface area (Å²) in [6.45, 7) is 4.26. The number of carbonyl (C=O) groups is 2. The fourth-order valence-electron chi connectivity index (χ4n) is 6.98. The maximum Gasteiger partial charge on any atom is 0.472 e. The second-order valence-electron chi connectivity index (χ2n) is 19.2. The Hall–Kier alpha value is -3.59. The largest absolute Gasteiger partial charge is 0.472 e. The summed E-state index contributed by atoms with van der Waals surface area (Å²) >= 11 is 0. The van der Waals surface area contributed by atoms with Crippen molar-refractivity contribution in [3.63, 3.8) is 0 Å². The van der Waals surface area contributed by atoms with E-state index in [1.165, 1.54) is 44.9 Å². The normalized spacial score (nSPS) is 14.3. The van der Waals surface area contributed by atoms with Crippen LogP contribution in [0, 0.1) is 0 Å². The van der Waals surface area contributed by atoms with E-state index >= 15 is 0 Å². The summed E-state index contributed by atoms with van der Waals surface area (Å²) < 4.78 is 34.4. The molecule has 0 heterocycles. The molecule has 9 nitrogen and oxygen atoms in total. The molecule has 0 aliphatic rings. The third-order valence-corrected chi connectivity index (χ3v) is 12.2. The molecular weight excluding hydrogens is 906 g/mol. The minimum atomic E-state index is -4.39. The second kappa shape index (κ2) is 51.3. The van der Waals surface area contributed by atoms with Crippen molar-refractivity contribution >= 4 is 19.8 Å². The third-order valence-electron chi connectivity index (χ3n) is 11.3. The van der Waals surface area contributed by atoms with Crippen molar-refractivity contribution in [2.45, 2.75) is 206 Å². The molecule has 0 aliphatic heterocycles. The molecule has 10 heteroatoms. The van der Waals surface area contributed by atoms with Gasteiger partial charge in [-0.2, -0.15) is 0 Å². The first-order valence-corrected chi connectivity index (χ1v) is 29.3. The fourth-order valence-corrected chi connectivity index (χ4v) is 7.72. The molecule has 0 rings (SSSR count). The van der Waals surface area contributed by atoms with Gasteiger partial charge in [0, 0.05) is 12.8 Å². The van der Waals surface area contributed by atoms with Crippen molar-refractivity contribution in [2.75, 3.05) is 47.5 Å². The third kappa shape index (κ3) is 55.6. The molecule has 0 aliphatic carbocycles. The van der Waals surface area contributed by atoms with Crippen LogP contribution in [0.4, 0.5) is 0 Å². The second-order valence-corrected chi connectivity index (χ2v) is 20.7. The molecule has 0 spiro atoms. The number of hydrogen-bond donors (Lipinski definition) is 1. The summed E-state index contributed by atoms with van der Waals surface area (Å²) in [6.07, 6.45) is 72.8. The van der Waals surface area contributed by atoms with Gasteiger partial charge in [0.05, 0.1) is 27.7 Å². The predicted molar refractivity (Wildman–Crippen MR) is 302 cm³/mol. The van der Waals surface area contributed by atoms with Crippen LogP contribution in [-0.2, 0) is 32.7 Å². The molecule has 2 unspecified atom stereocenters. The topological polar surface area (TPSA) is 108 Å². The minimum absolute atomic E-state index is 0.0235. The highest BCUT2D eigenvalue weighted by Crippen LogP contribution is 2.43. The minimum Gasteiger partial charge on any atom is -0.462 e. The molecule has 0 amide bonds. The Morgan fingerprint density at radius 1 is 0.451 bits per heavy atom. The zero-order chi connectivity index (χ0) is 52.0. The zero-order valence-electron chi connectivity index (χ0n) is 45.7. The van der Waals surface area contributed by atoms with Crippen LogP contribution in [-0.4, -0.2) is 74.9 Å². The van der Waals surface area contributed by atoms with E-state index in [0.717, 1.165) is 122 Å². The quantitative estimate of drug-likeness (QED) is 0.0211. The molecule has 0 bridgehead atoms.